The predicted octanol–water partition coefficient (Wildman–Crippen LogP) is 4.12. The standard InChI is InChI=1S/C20H24N2O2/c1-15(2)16-8-3-6-11-19(16)24-13-7-12-22-18-10-5-4-9-17(18)21-20(22)14-23/h3-6,8-11,15,23H,7,12-14H2,1-2H3. The summed E-state index contributed by atoms with van der Waals surface area (Å²) in [4.78, 5) is 4.48. The smallest absolute Gasteiger partial charge is 0.135 e. The second-order valence-electron chi connectivity index (χ2n) is 6.22. The van der Waals surface area contributed by atoms with Crippen LogP contribution in [-0.4, -0.2) is 21.3 Å². The Morgan fingerprint density at radius 2 is 1.83 bits per heavy atom. The Hall–Kier alpha value is -2.33. The number of hydrogen-bond acceptors (Lipinski definition) is 3. The van der Waals surface area contributed by atoms with Crippen LogP contribution < -0.4 is 4.74 Å². The monoisotopic (exact) mass is 324 g/mol. The van der Waals surface area contributed by atoms with Crippen molar-refractivity contribution in [1.82, 2.24) is 9.55 Å². The molecule has 3 aromatic rings. The molecule has 0 aliphatic heterocycles. The van der Waals surface area contributed by atoms with E-state index in [2.05, 4.69) is 29.5 Å². The summed E-state index contributed by atoms with van der Waals surface area (Å²) < 4.78 is 8.06. The fourth-order valence-electron chi connectivity index (χ4n) is 2.99. The van der Waals surface area contributed by atoms with Gasteiger partial charge in [0, 0.05) is 6.54 Å². The zero-order valence-corrected chi connectivity index (χ0v) is 14.3. The molecule has 1 aromatic heterocycles. The molecule has 3 rings (SSSR count). The number of imidazole rings is 1. The number of ether oxygens (including phenoxy) is 1. The topological polar surface area (TPSA) is 47.3 Å². The van der Waals surface area contributed by atoms with Crippen molar-refractivity contribution in [3.05, 3.63) is 59.9 Å². The van der Waals surface area contributed by atoms with Crippen LogP contribution in [0.5, 0.6) is 5.75 Å². The number of fused-ring (bicyclic) bond motifs is 1. The summed E-state index contributed by atoms with van der Waals surface area (Å²) in [7, 11) is 0. The van der Waals surface area contributed by atoms with Crippen molar-refractivity contribution in [2.45, 2.75) is 39.3 Å². The molecule has 24 heavy (non-hydrogen) atoms. The minimum absolute atomic E-state index is 0.0499. The molecule has 0 saturated heterocycles. The lowest BCUT2D eigenvalue weighted by atomic mass is 10.0. The molecule has 0 aliphatic carbocycles. The van der Waals surface area contributed by atoms with Gasteiger partial charge in [0.2, 0.25) is 0 Å². The number of para-hydroxylation sites is 3. The first-order valence-electron chi connectivity index (χ1n) is 8.47. The van der Waals surface area contributed by atoms with E-state index in [1.54, 1.807) is 0 Å². The molecule has 1 heterocycles. The molecular weight excluding hydrogens is 300 g/mol. The number of nitrogens with zero attached hydrogens (tertiary/aromatic N) is 2. The third-order valence-electron chi connectivity index (χ3n) is 4.20. The Balaban J connectivity index is 1.65. The van der Waals surface area contributed by atoms with Crippen LogP contribution in [0.2, 0.25) is 0 Å². The second kappa shape index (κ2) is 7.49. The quantitative estimate of drug-likeness (QED) is 0.665. The van der Waals surface area contributed by atoms with Gasteiger partial charge in [0.1, 0.15) is 18.2 Å². The molecule has 4 nitrogen and oxygen atoms in total. The molecule has 0 radical (unpaired) electrons. The minimum atomic E-state index is -0.0499. The zero-order valence-electron chi connectivity index (χ0n) is 14.3. The number of aliphatic hydroxyl groups is 1. The highest BCUT2D eigenvalue weighted by Crippen LogP contribution is 2.26. The maximum absolute atomic E-state index is 9.54. The van der Waals surface area contributed by atoms with E-state index < -0.39 is 0 Å². The van der Waals surface area contributed by atoms with Gasteiger partial charge in [-0.15, -0.1) is 0 Å². The number of benzene rings is 2. The number of hydrogen-bond donors (Lipinski definition) is 1. The van der Waals surface area contributed by atoms with Gasteiger partial charge in [0.15, 0.2) is 0 Å². The second-order valence-corrected chi connectivity index (χ2v) is 6.22. The zero-order chi connectivity index (χ0) is 16.9. The average Bonchev–Trinajstić information content (AvgIpc) is 2.97. The summed E-state index contributed by atoms with van der Waals surface area (Å²) in [6, 6.07) is 16.2. The molecule has 0 fully saturated rings. The van der Waals surface area contributed by atoms with Crippen molar-refractivity contribution in [3.63, 3.8) is 0 Å². The van der Waals surface area contributed by atoms with E-state index in [9.17, 15) is 5.11 Å². The SMILES string of the molecule is CC(C)c1ccccc1OCCCn1c(CO)nc2ccccc21. The molecule has 0 spiro atoms. The van der Waals surface area contributed by atoms with Gasteiger partial charge in [-0.3, -0.25) is 0 Å². The van der Waals surface area contributed by atoms with Gasteiger partial charge in [-0.2, -0.15) is 0 Å². The van der Waals surface area contributed by atoms with Crippen LogP contribution in [0.4, 0.5) is 0 Å². The molecule has 4 heteroatoms. The fraction of sp³-hybridized carbons (Fsp3) is 0.350. The van der Waals surface area contributed by atoms with Crippen molar-refractivity contribution in [2.75, 3.05) is 6.61 Å². The summed E-state index contributed by atoms with van der Waals surface area (Å²) in [6.07, 6.45) is 0.861. The Labute approximate surface area is 142 Å². The van der Waals surface area contributed by atoms with Gasteiger partial charge in [-0.25, -0.2) is 4.98 Å². The lowest BCUT2D eigenvalue weighted by molar-refractivity contribution is 0.260. The first-order chi connectivity index (χ1) is 11.7. The summed E-state index contributed by atoms with van der Waals surface area (Å²) in [5.74, 6) is 2.11. The third-order valence-corrected chi connectivity index (χ3v) is 4.20. The molecule has 2 aromatic carbocycles. The molecule has 0 atom stereocenters. The molecular formula is C20H24N2O2. The van der Waals surface area contributed by atoms with Gasteiger partial charge < -0.3 is 14.4 Å². The summed E-state index contributed by atoms with van der Waals surface area (Å²) in [6.45, 7) is 5.72. The van der Waals surface area contributed by atoms with Crippen LogP contribution in [0.3, 0.4) is 0 Å². The van der Waals surface area contributed by atoms with Gasteiger partial charge in [0.25, 0.3) is 0 Å². The first kappa shape index (κ1) is 16.5. The maximum Gasteiger partial charge on any atom is 0.135 e. The highest BCUT2D eigenvalue weighted by Gasteiger charge is 2.10. The van der Waals surface area contributed by atoms with Crippen molar-refractivity contribution in [2.24, 2.45) is 0 Å². The number of aliphatic hydroxyl groups excluding tert-OH is 1. The number of aryl methyl sites for hydroxylation is 1. The van der Waals surface area contributed by atoms with Crippen LogP contribution in [0, 0.1) is 0 Å². The van der Waals surface area contributed by atoms with Gasteiger partial charge >= 0.3 is 0 Å². The van der Waals surface area contributed by atoms with Gasteiger partial charge in [-0.05, 0) is 36.1 Å². The first-order valence-corrected chi connectivity index (χ1v) is 8.47. The molecule has 0 saturated carbocycles. The molecule has 0 bridgehead atoms. The van der Waals surface area contributed by atoms with E-state index in [-0.39, 0.29) is 6.61 Å². The van der Waals surface area contributed by atoms with E-state index in [1.165, 1.54) is 5.56 Å². The van der Waals surface area contributed by atoms with Crippen molar-refractivity contribution in [1.29, 1.82) is 0 Å². The molecule has 1 N–H and O–H groups in total. The molecule has 0 unspecified atom stereocenters. The van der Waals surface area contributed by atoms with Crippen LogP contribution in [0.25, 0.3) is 11.0 Å². The molecule has 126 valence electrons. The largest absolute Gasteiger partial charge is 0.493 e. The molecule has 0 amide bonds. The van der Waals surface area contributed by atoms with Gasteiger partial charge in [-0.1, -0.05) is 44.2 Å². The predicted molar refractivity (Wildman–Crippen MR) is 96.3 cm³/mol. The lowest BCUT2D eigenvalue weighted by Crippen LogP contribution is -2.08. The van der Waals surface area contributed by atoms with E-state index in [0.29, 0.717) is 18.3 Å². The van der Waals surface area contributed by atoms with E-state index in [1.807, 2.05) is 42.5 Å². The Morgan fingerprint density at radius 3 is 2.62 bits per heavy atom. The molecule has 0 aliphatic rings. The van der Waals surface area contributed by atoms with E-state index >= 15 is 0 Å². The maximum atomic E-state index is 9.54. The Bertz CT molecular complexity index is 808. The minimum Gasteiger partial charge on any atom is -0.493 e. The Morgan fingerprint density at radius 1 is 1.08 bits per heavy atom. The van der Waals surface area contributed by atoms with E-state index in [4.69, 9.17) is 4.74 Å². The van der Waals surface area contributed by atoms with Crippen LogP contribution in [0.1, 0.15) is 37.6 Å². The van der Waals surface area contributed by atoms with Crippen molar-refractivity contribution in [3.8, 4) is 5.75 Å². The highest BCUT2D eigenvalue weighted by molar-refractivity contribution is 5.75. The van der Waals surface area contributed by atoms with Crippen LogP contribution >= 0.6 is 0 Å². The Kier molecular flexibility index (Phi) is 5.16. The lowest BCUT2D eigenvalue weighted by Gasteiger charge is -2.14. The number of aromatic nitrogens is 2. The van der Waals surface area contributed by atoms with Crippen molar-refractivity contribution >= 4 is 11.0 Å². The average molecular weight is 324 g/mol. The van der Waals surface area contributed by atoms with Crippen molar-refractivity contribution < 1.29 is 9.84 Å². The third kappa shape index (κ3) is 3.44. The normalized spacial score (nSPS) is 11.3. The summed E-state index contributed by atoms with van der Waals surface area (Å²) in [5, 5.41) is 9.54. The van der Waals surface area contributed by atoms with Gasteiger partial charge in [0.05, 0.1) is 17.6 Å². The number of rotatable bonds is 7. The van der Waals surface area contributed by atoms with Crippen LogP contribution in [0.15, 0.2) is 48.5 Å². The fourth-order valence-corrected chi connectivity index (χ4v) is 2.99. The van der Waals surface area contributed by atoms with Crippen LogP contribution in [-0.2, 0) is 13.2 Å². The highest BCUT2D eigenvalue weighted by atomic mass is 16.5. The summed E-state index contributed by atoms with van der Waals surface area (Å²) in [5.41, 5.74) is 3.22. The summed E-state index contributed by atoms with van der Waals surface area (Å²) >= 11 is 0. The van der Waals surface area contributed by atoms with E-state index in [0.717, 1.165) is 29.7 Å².